The third-order valence-corrected chi connectivity index (χ3v) is 4.79. The Balaban J connectivity index is 1.82. The Morgan fingerprint density at radius 1 is 1.26 bits per heavy atom. The van der Waals surface area contributed by atoms with E-state index in [1.54, 1.807) is 0 Å². The predicted molar refractivity (Wildman–Crippen MR) is 90.4 cm³/mol. The second-order valence-electron chi connectivity index (χ2n) is 6.08. The molecule has 0 saturated heterocycles. The lowest BCUT2D eigenvalue weighted by atomic mass is 9.90. The molecule has 3 aromatic rings. The van der Waals surface area contributed by atoms with Gasteiger partial charge in [-0.3, -0.25) is 9.89 Å². The number of hydrogen-bond acceptors (Lipinski definition) is 3. The van der Waals surface area contributed by atoms with Crippen LogP contribution >= 0.6 is 0 Å². The fourth-order valence-electron chi connectivity index (χ4n) is 3.71. The molecule has 1 aromatic heterocycles. The molecule has 2 atom stereocenters. The van der Waals surface area contributed by atoms with Crippen LogP contribution in [0.25, 0.3) is 10.9 Å². The summed E-state index contributed by atoms with van der Waals surface area (Å²) in [5, 5.41) is 8.14. The van der Waals surface area contributed by atoms with Gasteiger partial charge < -0.3 is 10.6 Å². The number of nitrogens with zero attached hydrogens (tertiary/aromatic N) is 2. The van der Waals surface area contributed by atoms with Crippen molar-refractivity contribution < 1.29 is 4.79 Å². The molecule has 116 valence electrons. The summed E-state index contributed by atoms with van der Waals surface area (Å²) in [6.07, 6.45) is 2.59. The number of fused-ring (bicyclic) bond motifs is 3. The minimum absolute atomic E-state index is 0.0189. The molecule has 0 aliphatic carbocycles. The number of aromatic amines is 1. The van der Waals surface area contributed by atoms with E-state index in [9.17, 15) is 4.79 Å². The lowest BCUT2D eigenvalue weighted by Gasteiger charge is -2.26. The molecule has 2 heterocycles. The van der Waals surface area contributed by atoms with Crippen LogP contribution in [0.2, 0.25) is 0 Å². The highest BCUT2D eigenvalue weighted by Gasteiger charge is 2.41. The van der Waals surface area contributed by atoms with Gasteiger partial charge in [0.05, 0.1) is 23.3 Å². The van der Waals surface area contributed by atoms with Crippen LogP contribution in [0.3, 0.4) is 0 Å². The van der Waals surface area contributed by atoms with Gasteiger partial charge in [0.15, 0.2) is 0 Å². The summed E-state index contributed by atoms with van der Waals surface area (Å²) in [4.78, 5) is 14.3. The van der Waals surface area contributed by atoms with Crippen molar-refractivity contribution >= 4 is 22.5 Å². The molecule has 1 aliphatic heterocycles. The molecule has 0 radical (unpaired) electrons. The standard InChI is InChI=1S/C18H18N4O/c1-22-15(9-11-5-3-2-4-6-11)16(18(19)23)12-7-8-14-13(17(12)22)10-20-21-14/h2-8,10,15-16H,9H2,1H3,(H2,19,23)(H,20,21). The van der Waals surface area contributed by atoms with Crippen molar-refractivity contribution in [2.45, 2.75) is 18.4 Å². The van der Waals surface area contributed by atoms with E-state index in [4.69, 9.17) is 5.73 Å². The highest BCUT2D eigenvalue weighted by molar-refractivity contribution is 5.99. The van der Waals surface area contributed by atoms with Gasteiger partial charge in [-0.05, 0) is 23.6 Å². The molecular formula is C18H18N4O. The Morgan fingerprint density at radius 3 is 2.78 bits per heavy atom. The minimum Gasteiger partial charge on any atom is -0.369 e. The van der Waals surface area contributed by atoms with Gasteiger partial charge >= 0.3 is 0 Å². The summed E-state index contributed by atoms with van der Waals surface area (Å²) < 4.78 is 0. The molecule has 1 amide bonds. The lowest BCUT2D eigenvalue weighted by Crippen LogP contribution is -2.38. The molecule has 0 fully saturated rings. The maximum atomic E-state index is 12.2. The Kier molecular flexibility index (Phi) is 3.08. The van der Waals surface area contributed by atoms with Gasteiger partial charge in [-0.2, -0.15) is 5.10 Å². The molecule has 5 heteroatoms. The average molecular weight is 306 g/mol. The zero-order chi connectivity index (χ0) is 16.0. The van der Waals surface area contributed by atoms with Crippen molar-refractivity contribution in [1.82, 2.24) is 10.2 Å². The predicted octanol–water partition coefficient (Wildman–Crippen LogP) is 2.19. The van der Waals surface area contributed by atoms with E-state index >= 15 is 0 Å². The number of benzene rings is 2. The fraction of sp³-hybridized carbons (Fsp3) is 0.222. The summed E-state index contributed by atoms with van der Waals surface area (Å²) in [6, 6.07) is 14.2. The van der Waals surface area contributed by atoms with E-state index in [1.165, 1.54) is 5.56 Å². The number of primary amides is 1. The van der Waals surface area contributed by atoms with Gasteiger partial charge in [0.1, 0.15) is 0 Å². The van der Waals surface area contributed by atoms with Gasteiger partial charge in [0.2, 0.25) is 5.91 Å². The molecule has 2 aromatic carbocycles. The van der Waals surface area contributed by atoms with E-state index in [0.717, 1.165) is 28.6 Å². The van der Waals surface area contributed by atoms with Crippen molar-refractivity contribution in [2.24, 2.45) is 5.73 Å². The first-order valence-electron chi connectivity index (χ1n) is 7.69. The number of hydrogen-bond donors (Lipinski definition) is 2. The number of amides is 1. The van der Waals surface area contributed by atoms with Crippen LogP contribution < -0.4 is 10.6 Å². The molecule has 0 saturated carbocycles. The molecular weight excluding hydrogens is 288 g/mol. The molecule has 2 unspecified atom stereocenters. The smallest absolute Gasteiger partial charge is 0.227 e. The first-order chi connectivity index (χ1) is 11.2. The normalized spacial score (nSPS) is 20.0. The number of carbonyl (C=O) groups excluding carboxylic acids is 1. The van der Waals surface area contributed by atoms with Crippen molar-refractivity contribution in [2.75, 3.05) is 11.9 Å². The quantitative estimate of drug-likeness (QED) is 0.779. The van der Waals surface area contributed by atoms with E-state index in [-0.39, 0.29) is 17.9 Å². The highest BCUT2D eigenvalue weighted by atomic mass is 16.1. The van der Waals surface area contributed by atoms with Crippen LogP contribution in [0, 0.1) is 0 Å². The molecule has 1 aliphatic rings. The molecule has 23 heavy (non-hydrogen) atoms. The minimum atomic E-state index is -0.311. The van der Waals surface area contributed by atoms with Gasteiger partial charge in [0, 0.05) is 18.5 Å². The second kappa shape index (κ2) is 5.12. The van der Waals surface area contributed by atoms with E-state index in [2.05, 4.69) is 27.2 Å². The van der Waals surface area contributed by atoms with Gasteiger partial charge in [0.25, 0.3) is 0 Å². The Hall–Kier alpha value is -2.82. The first-order valence-corrected chi connectivity index (χ1v) is 7.69. The molecule has 0 spiro atoms. The summed E-state index contributed by atoms with van der Waals surface area (Å²) in [7, 11) is 2.03. The van der Waals surface area contributed by atoms with E-state index < -0.39 is 0 Å². The number of H-pyrrole nitrogens is 1. The van der Waals surface area contributed by atoms with Crippen molar-refractivity contribution in [3.8, 4) is 0 Å². The van der Waals surface area contributed by atoms with Crippen LogP contribution in [0.1, 0.15) is 17.0 Å². The van der Waals surface area contributed by atoms with Crippen LogP contribution in [0.4, 0.5) is 5.69 Å². The van der Waals surface area contributed by atoms with Gasteiger partial charge in [-0.25, -0.2) is 0 Å². The Morgan fingerprint density at radius 2 is 2.04 bits per heavy atom. The highest BCUT2D eigenvalue weighted by Crippen LogP contribution is 2.44. The number of carbonyl (C=O) groups is 1. The second-order valence-corrected chi connectivity index (χ2v) is 6.08. The zero-order valence-electron chi connectivity index (χ0n) is 12.9. The van der Waals surface area contributed by atoms with Crippen molar-refractivity contribution in [3.63, 3.8) is 0 Å². The molecule has 4 rings (SSSR count). The van der Waals surface area contributed by atoms with Crippen LogP contribution in [0.15, 0.2) is 48.7 Å². The van der Waals surface area contributed by atoms with Crippen molar-refractivity contribution in [1.29, 1.82) is 0 Å². The van der Waals surface area contributed by atoms with Crippen LogP contribution in [-0.4, -0.2) is 29.2 Å². The SMILES string of the molecule is CN1c2c(ccc3[nH]ncc23)C(C(N)=O)C1Cc1ccccc1. The van der Waals surface area contributed by atoms with Gasteiger partial charge in [-0.1, -0.05) is 36.4 Å². The van der Waals surface area contributed by atoms with E-state index in [0.29, 0.717) is 0 Å². The number of aromatic nitrogens is 2. The number of likely N-dealkylation sites (N-methyl/N-ethyl adjacent to an activating group) is 1. The van der Waals surface area contributed by atoms with Crippen LogP contribution in [-0.2, 0) is 11.2 Å². The van der Waals surface area contributed by atoms with E-state index in [1.807, 2.05) is 43.6 Å². The lowest BCUT2D eigenvalue weighted by molar-refractivity contribution is -0.119. The van der Waals surface area contributed by atoms with Gasteiger partial charge in [-0.15, -0.1) is 0 Å². The number of anilines is 1. The molecule has 0 bridgehead atoms. The largest absolute Gasteiger partial charge is 0.369 e. The average Bonchev–Trinajstić information content (AvgIpc) is 3.11. The number of nitrogens with one attached hydrogen (secondary N) is 1. The first kappa shape index (κ1) is 13.8. The fourth-order valence-corrected chi connectivity index (χ4v) is 3.71. The Bertz CT molecular complexity index is 871. The maximum absolute atomic E-state index is 12.2. The summed E-state index contributed by atoms with van der Waals surface area (Å²) in [5.74, 6) is -0.589. The zero-order valence-corrected chi connectivity index (χ0v) is 12.9. The van der Waals surface area contributed by atoms with Crippen molar-refractivity contribution in [3.05, 3.63) is 59.8 Å². The summed E-state index contributed by atoms with van der Waals surface area (Å²) >= 11 is 0. The monoisotopic (exact) mass is 306 g/mol. The summed E-state index contributed by atoms with van der Waals surface area (Å²) in [6.45, 7) is 0. The maximum Gasteiger partial charge on any atom is 0.227 e. The topological polar surface area (TPSA) is 75.0 Å². The molecule has 3 N–H and O–H groups in total. The third kappa shape index (κ3) is 2.08. The number of nitrogens with two attached hydrogens (primary N) is 1. The van der Waals surface area contributed by atoms with Crippen LogP contribution in [0.5, 0.6) is 0 Å². The number of rotatable bonds is 3. The third-order valence-electron chi connectivity index (χ3n) is 4.79. The molecule has 5 nitrogen and oxygen atoms in total. The Labute approximate surface area is 134 Å². The summed E-state index contributed by atoms with van der Waals surface area (Å²) in [5.41, 5.74) is 9.97.